The van der Waals surface area contributed by atoms with Gasteiger partial charge in [0.1, 0.15) is 0 Å². The van der Waals surface area contributed by atoms with Crippen LogP contribution in [0.25, 0.3) is 0 Å². The van der Waals surface area contributed by atoms with Gasteiger partial charge in [0.2, 0.25) is 0 Å². The number of aromatic nitrogens is 1. The van der Waals surface area contributed by atoms with E-state index in [1.54, 1.807) is 0 Å². The van der Waals surface area contributed by atoms with Crippen molar-refractivity contribution in [3.05, 3.63) is 23.5 Å². The van der Waals surface area contributed by atoms with Gasteiger partial charge in [0, 0.05) is 17.9 Å². The Kier molecular flexibility index (Phi) is 3.92. The van der Waals surface area contributed by atoms with E-state index in [2.05, 4.69) is 36.1 Å². The summed E-state index contributed by atoms with van der Waals surface area (Å²) in [6, 6.07) is 4.35. The molecule has 0 saturated heterocycles. The van der Waals surface area contributed by atoms with Crippen LogP contribution in [0.5, 0.6) is 0 Å². The molecule has 2 rings (SSSR count). The fraction of sp³-hybridized carbons (Fsp3) is 0.714. The highest BCUT2D eigenvalue weighted by molar-refractivity contribution is 5.15. The van der Waals surface area contributed by atoms with Gasteiger partial charge in [-0.2, -0.15) is 0 Å². The van der Waals surface area contributed by atoms with Gasteiger partial charge in [-0.25, -0.2) is 0 Å². The molecule has 1 aromatic heterocycles. The summed E-state index contributed by atoms with van der Waals surface area (Å²) in [7, 11) is 0. The lowest BCUT2D eigenvalue weighted by molar-refractivity contribution is 0.466. The molecule has 0 spiro atoms. The predicted molar refractivity (Wildman–Crippen MR) is 69.3 cm³/mol. The zero-order valence-corrected chi connectivity index (χ0v) is 10.6. The van der Waals surface area contributed by atoms with Crippen molar-refractivity contribution in [2.75, 3.05) is 12.0 Å². The molecule has 1 fully saturated rings. The molecule has 90 valence electrons. The van der Waals surface area contributed by atoms with Gasteiger partial charge >= 0.3 is 0 Å². The molecule has 1 heterocycles. The number of aryl methyl sites for hydroxylation is 2. The highest BCUT2D eigenvalue weighted by Gasteiger charge is 2.12. The Hall–Kier alpha value is -0.920. The highest BCUT2D eigenvalue weighted by Crippen LogP contribution is 2.22. The number of hydrogen-bond donors (Lipinski definition) is 1. The van der Waals surface area contributed by atoms with Crippen molar-refractivity contribution in [1.29, 1.82) is 0 Å². The molecule has 1 N–H and O–H groups in total. The predicted octanol–water partition coefficient (Wildman–Crippen LogP) is 3.62. The van der Waals surface area contributed by atoms with E-state index >= 15 is 0 Å². The van der Waals surface area contributed by atoms with Crippen LogP contribution in [-0.4, -0.2) is 11.2 Å². The molecule has 0 atom stereocenters. The fourth-order valence-electron chi connectivity index (χ4n) is 2.71. The molecule has 2 nitrogen and oxygen atoms in total. The van der Waals surface area contributed by atoms with Gasteiger partial charge < -0.3 is 5.43 Å². The summed E-state index contributed by atoms with van der Waals surface area (Å²) in [6.07, 6.45) is 8.56. The first kappa shape index (κ1) is 11.6. The molecule has 0 bridgehead atoms. The van der Waals surface area contributed by atoms with Crippen LogP contribution in [0, 0.1) is 19.8 Å². The van der Waals surface area contributed by atoms with Crippen LogP contribution in [0.15, 0.2) is 12.1 Å². The van der Waals surface area contributed by atoms with Gasteiger partial charge in [0.25, 0.3) is 0 Å². The van der Waals surface area contributed by atoms with Crippen LogP contribution < -0.4 is 5.43 Å². The minimum absolute atomic E-state index is 0.878. The summed E-state index contributed by atoms with van der Waals surface area (Å²) < 4.78 is 2.23. The summed E-state index contributed by atoms with van der Waals surface area (Å²) in [5.74, 6) is 0.878. The highest BCUT2D eigenvalue weighted by atomic mass is 15.4. The average Bonchev–Trinajstić information content (AvgIpc) is 2.51. The lowest BCUT2D eigenvalue weighted by Crippen LogP contribution is -2.23. The Morgan fingerprint density at radius 1 is 1.06 bits per heavy atom. The maximum Gasteiger partial charge on any atom is 0.0366 e. The van der Waals surface area contributed by atoms with Gasteiger partial charge in [0.05, 0.1) is 0 Å². The maximum absolute atomic E-state index is 3.58. The lowest BCUT2D eigenvalue weighted by atomic mass is 10.0. The second-order valence-corrected chi connectivity index (χ2v) is 5.17. The summed E-state index contributed by atoms with van der Waals surface area (Å²) in [6.45, 7) is 5.45. The minimum atomic E-state index is 0.878. The smallest absolute Gasteiger partial charge is 0.0366 e. The first-order valence-electron chi connectivity index (χ1n) is 6.66. The van der Waals surface area contributed by atoms with E-state index in [1.807, 2.05) is 0 Å². The van der Waals surface area contributed by atoms with E-state index in [0.717, 1.165) is 12.5 Å². The molecular weight excluding hydrogens is 196 g/mol. The van der Waals surface area contributed by atoms with Gasteiger partial charge in [0.15, 0.2) is 0 Å². The summed E-state index contributed by atoms with van der Waals surface area (Å²) in [5.41, 5.74) is 6.20. The van der Waals surface area contributed by atoms with Crippen LogP contribution in [-0.2, 0) is 0 Å². The third kappa shape index (κ3) is 2.81. The van der Waals surface area contributed by atoms with Gasteiger partial charge in [-0.15, -0.1) is 0 Å². The van der Waals surface area contributed by atoms with Crippen LogP contribution in [0.1, 0.15) is 49.9 Å². The van der Waals surface area contributed by atoms with Gasteiger partial charge in [-0.1, -0.05) is 25.7 Å². The molecule has 1 saturated carbocycles. The zero-order valence-electron chi connectivity index (χ0n) is 10.6. The molecule has 0 aliphatic heterocycles. The third-order valence-corrected chi connectivity index (χ3v) is 3.78. The Bertz CT molecular complexity index is 300. The van der Waals surface area contributed by atoms with E-state index < -0.39 is 0 Å². The number of hydrogen-bond acceptors (Lipinski definition) is 1. The van der Waals surface area contributed by atoms with Crippen LogP contribution in [0.4, 0.5) is 0 Å². The SMILES string of the molecule is Cc1ccc(C)n1NCC1CCCCCC1. The average molecular weight is 220 g/mol. The molecule has 0 aromatic carbocycles. The Balaban J connectivity index is 1.86. The van der Waals surface area contributed by atoms with Crippen LogP contribution in [0.3, 0.4) is 0 Å². The van der Waals surface area contributed by atoms with Crippen molar-refractivity contribution in [1.82, 2.24) is 4.68 Å². The second kappa shape index (κ2) is 5.42. The molecule has 2 heteroatoms. The van der Waals surface area contributed by atoms with Crippen molar-refractivity contribution >= 4 is 0 Å². The van der Waals surface area contributed by atoms with Crippen molar-refractivity contribution in [2.24, 2.45) is 5.92 Å². The second-order valence-electron chi connectivity index (χ2n) is 5.17. The molecular formula is C14H24N2. The van der Waals surface area contributed by atoms with E-state index in [4.69, 9.17) is 0 Å². The largest absolute Gasteiger partial charge is 0.326 e. The first-order valence-corrected chi connectivity index (χ1v) is 6.66. The molecule has 1 aliphatic rings. The molecule has 0 radical (unpaired) electrons. The topological polar surface area (TPSA) is 17.0 Å². The van der Waals surface area contributed by atoms with Gasteiger partial charge in [-0.3, -0.25) is 4.68 Å². The number of nitrogens with one attached hydrogen (secondary N) is 1. The van der Waals surface area contributed by atoms with E-state index in [1.165, 1.54) is 49.9 Å². The Morgan fingerprint density at radius 2 is 1.62 bits per heavy atom. The summed E-state index contributed by atoms with van der Waals surface area (Å²) >= 11 is 0. The normalized spacial score (nSPS) is 18.4. The van der Waals surface area contributed by atoms with E-state index in [9.17, 15) is 0 Å². The van der Waals surface area contributed by atoms with E-state index in [0.29, 0.717) is 0 Å². The van der Waals surface area contributed by atoms with Crippen LogP contribution in [0.2, 0.25) is 0 Å². The van der Waals surface area contributed by atoms with Crippen molar-refractivity contribution < 1.29 is 0 Å². The summed E-state index contributed by atoms with van der Waals surface area (Å²) in [4.78, 5) is 0. The molecule has 1 aromatic rings. The number of nitrogens with zero attached hydrogens (tertiary/aromatic N) is 1. The lowest BCUT2D eigenvalue weighted by Gasteiger charge is -2.18. The third-order valence-electron chi connectivity index (χ3n) is 3.78. The first-order chi connectivity index (χ1) is 7.77. The minimum Gasteiger partial charge on any atom is -0.326 e. The maximum atomic E-state index is 3.58. The Labute approximate surface area is 99.0 Å². The van der Waals surface area contributed by atoms with Crippen molar-refractivity contribution in [3.63, 3.8) is 0 Å². The van der Waals surface area contributed by atoms with Crippen molar-refractivity contribution in [2.45, 2.75) is 52.4 Å². The van der Waals surface area contributed by atoms with E-state index in [-0.39, 0.29) is 0 Å². The molecule has 1 aliphatic carbocycles. The monoisotopic (exact) mass is 220 g/mol. The number of rotatable bonds is 3. The molecule has 0 amide bonds. The standard InChI is InChI=1S/C14H24N2/c1-12-9-10-13(2)16(12)15-11-14-7-5-3-4-6-8-14/h9-10,14-15H,3-8,11H2,1-2H3. The fourth-order valence-corrected chi connectivity index (χ4v) is 2.71. The summed E-state index contributed by atoms with van der Waals surface area (Å²) in [5, 5.41) is 0. The molecule has 0 unspecified atom stereocenters. The van der Waals surface area contributed by atoms with Crippen LogP contribution >= 0.6 is 0 Å². The Morgan fingerprint density at radius 3 is 2.19 bits per heavy atom. The van der Waals surface area contributed by atoms with Crippen molar-refractivity contribution in [3.8, 4) is 0 Å². The quantitative estimate of drug-likeness (QED) is 0.770. The molecule has 16 heavy (non-hydrogen) atoms. The zero-order chi connectivity index (χ0) is 11.4. The van der Waals surface area contributed by atoms with Gasteiger partial charge in [-0.05, 0) is 44.7 Å².